The number of amides is 1. The Bertz CT molecular complexity index is 1110. The highest BCUT2D eigenvalue weighted by molar-refractivity contribution is 7.13. The summed E-state index contributed by atoms with van der Waals surface area (Å²) in [7, 11) is 0. The van der Waals surface area contributed by atoms with Crippen LogP contribution in [0.25, 0.3) is 21.6 Å². The van der Waals surface area contributed by atoms with Crippen LogP contribution in [0, 0.1) is 6.92 Å². The second-order valence-corrected chi connectivity index (χ2v) is 7.25. The molecular weight excluding hydrogens is 356 g/mol. The number of benzene rings is 1. The standard InChI is InChI=1S/C21H20N4OS/c1-3-11-25-17-9-5-4-8-15(17)12-18(25)21-23-16(13-27-21)20(26)24-19-10-6-7-14(2)22-19/h4-10,12-13H,3,11H2,1-2H3,(H,22,24,26). The first-order chi connectivity index (χ1) is 13.2. The number of aryl methyl sites for hydroxylation is 2. The van der Waals surface area contributed by atoms with Crippen LogP contribution in [0.2, 0.25) is 0 Å². The van der Waals surface area contributed by atoms with Gasteiger partial charge in [0.1, 0.15) is 16.5 Å². The van der Waals surface area contributed by atoms with E-state index in [1.807, 2.05) is 31.2 Å². The van der Waals surface area contributed by atoms with E-state index in [0.29, 0.717) is 11.5 Å². The van der Waals surface area contributed by atoms with Gasteiger partial charge in [0.2, 0.25) is 0 Å². The molecule has 0 saturated carbocycles. The molecule has 1 aromatic carbocycles. The molecule has 0 atom stereocenters. The Hall–Kier alpha value is -2.99. The molecule has 0 bridgehead atoms. The summed E-state index contributed by atoms with van der Waals surface area (Å²) < 4.78 is 2.28. The number of fused-ring (bicyclic) bond motifs is 1. The summed E-state index contributed by atoms with van der Waals surface area (Å²) in [5.74, 6) is 0.295. The van der Waals surface area contributed by atoms with Crippen molar-refractivity contribution in [3.05, 3.63) is 65.3 Å². The highest BCUT2D eigenvalue weighted by atomic mass is 32.1. The monoisotopic (exact) mass is 376 g/mol. The van der Waals surface area contributed by atoms with Crippen molar-refractivity contribution in [1.82, 2.24) is 14.5 Å². The van der Waals surface area contributed by atoms with E-state index < -0.39 is 0 Å². The van der Waals surface area contributed by atoms with Gasteiger partial charge in [-0.3, -0.25) is 4.79 Å². The van der Waals surface area contributed by atoms with Crippen LogP contribution in [0.4, 0.5) is 5.82 Å². The predicted octanol–water partition coefficient (Wildman–Crippen LogP) is 5.13. The first-order valence-corrected chi connectivity index (χ1v) is 9.83. The van der Waals surface area contributed by atoms with Gasteiger partial charge in [-0.15, -0.1) is 11.3 Å². The van der Waals surface area contributed by atoms with E-state index in [1.54, 1.807) is 11.4 Å². The van der Waals surface area contributed by atoms with Gasteiger partial charge in [-0.05, 0) is 37.6 Å². The maximum Gasteiger partial charge on any atom is 0.276 e. The molecule has 0 radical (unpaired) electrons. The molecule has 4 aromatic rings. The smallest absolute Gasteiger partial charge is 0.276 e. The van der Waals surface area contributed by atoms with E-state index in [0.717, 1.165) is 29.4 Å². The van der Waals surface area contributed by atoms with E-state index in [2.05, 4.69) is 45.0 Å². The van der Waals surface area contributed by atoms with Crippen LogP contribution in [0.1, 0.15) is 29.5 Å². The number of hydrogen-bond donors (Lipinski definition) is 1. The average molecular weight is 376 g/mol. The van der Waals surface area contributed by atoms with Crippen LogP contribution in [-0.4, -0.2) is 20.4 Å². The molecular formula is C21H20N4OS. The Morgan fingerprint density at radius 3 is 2.81 bits per heavy atom. The van der Waals surface area contributed by atoms with Crippen LogP contribution in [0.5, 0.6) is 0 Å². The van der Waals surface area contributed by atoms with Gasteiger partial charge in [-0.1, -0.05) is 31.2 Å². The lowest BCUT2D eigenvalue weighted by atomic mass is 10.2. The quantitative estimate of drug-likeness (QED) is 0.525. The van der Waals surface area contributed by atoms with Gasteiger partial charge in [0.15, 0.2) is 0 Å². The van der Waals surface area contributed by atoms with Gasteiger partial charge >= 0.3 is 0 Å². The lowest BCUT2D eigenvalue weighted by molar-refractivity contribution is 0.102. The number of rotatable bonds is 5. The SMILES string of the molecule is CCCn1c(-c2nc(C(=O)Nc3cccc(C)n3)cs2)cc2ccccc21. The number of hydrogen-bond acceptors (Lipinski definition) is 4. The molecule has 136 valence electrons. The molecule has 6 heteroatoms. The van der Waals surface area contributed by atoms with E-state index >= 15 is 0 Å². The maximum atomic E-state index is 12.5. The van der Waals surface area contributed by atoms with Crippen LogP contribution in [-0.2, 0) is 6.54 Å². The predicted molar refractivity (Wildman–Crippen MR) is 110 cm³/mol. The fourth-order valence-corrected chi connectivity index (χ4v) is 3.96. The van der Waals surface area contributed by atoms with E-state index in [9.17, 15) is 4.79 Å². The first kappa shape index (κ1) is 17.4. The first-order valence-electron chi connectivity index (χ1n) is 8.95. The molecule has 1 amide bonds. The van der Waals surface area contributed by atoms with E-state index in [-0.39, 0.29) is 5.91 Å². The Balaban J connectivity index is 1.65. The molecule has 3 aromatic heterocycles. The molecule has 0 aliphatic rings. The number of nitrogens with one attached hydrogen (secondary N) is 1. The number of pyridine rings is 1. The van der Waals surface area contributed by atoms with E-state index in [1.165, 1.54) is 22.2 Å². The number of carbonyl (C=O) groups is 1. The number of nitrogens with zero attached hydrogens (tertiary/aromatic N) is 3. The van der Waals surface area contributed by atoms with Crippen molar-refractivity contribution < 1.29 is 4.79 Å². The van der Waals surface area contributed by atoms with Crippen LogP contribution >= 0.6 is 11.3 Å². The lowest BCUT2D eigenvalue weighted by Gasteiger charge is -2.07. The summed E-state index contributed by atoms with van der Waals surface area (Å²) >= 11 is 1.49. The maximum absolute atomic E-state index is 12.5. The molecule has 0 spiro atoms. The molecule has 0 saturated heterocycles. The zero-order chi connectivity index (χ0) is 18.8. The summed E-state index contributed by atoms with van der Waals surface area (Å²) in [4.78, 5) is 21.4. The minimum atomic E-state index is -0.242. The number of aromatic nitrogens is 3. The fraction of sp³-hybridized carbons (Fsp3) is 0.190. The molecule has 5 nitrogen and oxygen atoms in total. The third kappa shape index (κ3) is 3.48. The van der Waals surface area contributed by atoms with Crippen molar-refractivity contribution in [1.29, 1.82) is 0 Å². The molecule has 0 unspecified atom stereocenters. The lowest BCUT2D eigenvalue weighted by Crippen LogP contribution is -2.13. The van der Waals surface area contributed by atoms with Gasteiger partial charge in [0.05, 0.1) is 5.69 Å². The molecule has 1 N–H and O–H groups in total. The Labute approximate surface area is 161 Å². The van der Waals surface area contributed by atoms with Crippen molar-refractivity contribution in [3.8, 4) is 10.7 Å². The summed E-state index contributed by atoms with van der Waals surface area (Å²) in [6, 6.07) is 16.0. The van der Waals surface area contributed by atoms with Crippen molar-refractivity contribution in [2.24, 2.45) is 0 Å². The highest BCUT2D eigenvalue weighted by Crippen LogP contribution is 2.31. The van der Waals surface area contributed by atoms with Gasteiger partial charge in [0.25, 0.3) is 5.91 Å². The number of para-hydroxylation sites is 1. The van der Waals surface area contributed by atoms with Crippen LogP contribution < -0.4 is 5.32 Å². The average Bonchev–Trinajstić information content (AvgIpc) is 3.27. The van der Waals surface area contributed by atoms with E-state index in [4.69, 9.17) is 0 Å². The summed E-state index contributed by atoms with van der Waals surface area (Å²) in [5, 5.41) is 6.65. The minimum Gasteiger partial charge on any atom is -0.339 e. The second kappa shape index (κ2) is 7.32. The number of carbonyl (C=O) groups excluding carboxylic acids is 1. The zero-order valence-electron chi connectivity index (χ0n) is 15.3. The number of anilines is 1. The van der Waals surface area contributed by atoms with Crippen molar-refractivity contribution >= 4 is 34.0 Å². The Morgan fingerprint density at radius 1 is 1.15 bits per heavy atom. The van der Waals surface area contributed by atoms with Crippen molar-refractivity contribution in [2.45, 2.75) is 26.8 Å². The third-order valence-electron chi connectivity index (χ3n) is 4.34. The molecule has 0 fully saturated rings. The van der Waals surface area contributed by atoms with Gasteiger partial charge < -0.3 is 9.88 Å². The molecule has 3 heterocycles. The van der Waals surface area contributed by atoms with Gasteiger partial charge in [0, 0.05) is 28.5 Å². The molecule has 0 aliphatic carbocycles. The Morgan fingerprint density at radius 2 is 2.00 bits per heavy atom. The number of thiazole rings is 1. The van der Waals surface area contributed by atoms with Gasteiger partial charge in [-0.25, -0.2) is 9.97 Å². The fourth-order valence-electron chi connectivity index (χ4n) is 3.14. The molecule has 27 heavy (non-hydrogen) atoms. The summed E-state index contributed by atoms with van der Waals surface area (Å²) in [6.45, 7) is 4.97. The third-order valence-corrected chi connectivity index (χ3v) is 5.21. The highest BCUT2D eigenvalue weighted by Gasteiger charge is 2.16. The van der Waals surface area contributed by atoms with Gasteiger partial charge in [-0.2, -0.15) is 0 Å². The van der Waals surface area contributed by atoms with Crippen molar-refractivity contribution in [2.75, 3.05) is 5.32 Å². The minimum absolute atomic E-state index is 0.242. The van der Waals surface area contributed by atoms with Crippen LogP contribution in [0.3, 0.4) is 0 Å². The largest absolute Gasteiger partial charge is 0.339 e. The summed E-state index contributed by atoms with van der Waals surface area (Å²) in [6.07, 6.45) is 1.03. The summed E-state index contributed by atoms with van der Waals surface area (Å²) in [5.41, 5.74) is 3.51. The Kier molecular flexibility index (Phi) is 4.73. The van der Waals surface area contributed by atoms with Crippen LogP contribution in [0.15, 0.2) is 53.9 Å². The topological polar surface area (TPSA) is 59.8 Å². The second-order valence-electron chi connectivity index (χ2n) is 6.40. The van der Waals surface area contributed by atoms with Crippen molar-refractivity contribution in [3.63, 3.8) is 0 Å². The normalized spacial score (nSPS) is 11.0. The zero-order valence-corrected chi connectivity index (χ0v) is 16.1. The molecule has 0 aliphatic heterocycles. The molecule has 4 rings (SSSR count).